The van der Waals surface area contributed by atoms with E-state index in [2.05, 4.69) is 10.6 Å². The van der Waals surface area contributed by atoms with Gasteiger partial charge in [0.25, 0.3) is 0 Å². The smallest absolute Gasteiger partial charge is 0.336 e. The fourth-order valence-corrected chi connectivity index (χ4v) is 3.10. The zero-order valence-corrected chi connectivity index (χ0v) is 17.3. The first kappa shape index (κ1) is 22.0. The molecule has 0 saturated heterocycles. The maximum atomic E-state index is 13.2. The Hall–Kier alpha value is -3.29. The second kappa shape index (κ2) is 9.77. The van der Waals surface area contributed by atoms with Crippen molar-refractivity contribution in [2.45, 2.75) is 27.7 Å². The van der Waals surface area contributed by atoms with E-state index in [1.54, 1.807) is 59.1 Å². The van der Waals surface area contributed by atoms with E-state index in [-0.39, 0.29) is 24.4 Å². The molecule has 0 aliphatic carbocycles. The number of dihydropyridines is 1. The van der Waals surface area contributed by atoms with Gasteiger partial charge in [-0.25, -0.2) is 9.59 Å². The van der Waals surface area contributed by atoms with Gasteiger partial charge in [0.15, 0.2) is 0 Å². The zero-order valence-electron chi connectivity index (χ0n) is 17.3. The Bertz CT molecular complexity index is 814. The summed E-state index contributed by atoms with van der Waals surface area (Å²) in [5.74, 6) is -2.41. The summed E-state index contributed by atoms with van der Waals surface area (Å²) in [6.07, 6.45) is 0. The summed E-state index contributed by atoms with van der Waals surface area (Å²) in [5.41, 5.74) is 1.54. The highest BCUT2D eigenvalue weighted by molar-refractivity contribution is 6.10. The molecule has 0 radical (unpaired) electrons. The molecule has 2 rings (SSSR count). The van der Waals surface area contributed by atoms with Crippen molar-refractivity contribution in [3.63, 3.8) is 0 Å². The molecule has 2 N–H and O–H groups in total. The summed E-state index contributed by atoms with van der Waals surface area (Å²) in [6.45, 7) is 6.93. The molecule has 1 aliphatic rings. The van der Waals surface area contributed by atoms with E-state index >= 15 is 0 Å². The minimum Gasteiger partial charge on any atom is -0.497 e. The van der Waals surface area contributed by atoms with Gasteiger partial charge in [0, 0.05) is 17.1 Å². The molecule has 1 amide bonds. The average molecular weight is 402 g/mol. The molecule has 0 unspecified atom stereocenters. The van der Waals surface area contributed by atoms with Crippen LogP contribution in [0.2, 0.25) is 0 Å². The van der Waals surface area contributed by atoms with Gasteiger partial charge in [0.1, 0.15) is 11.7 Å². The number of carbonyl (C=O) groups is 3. The Morgan fingerprint density at radius 2 is 1.41 bits per heavy atom. The molecule has 1 aromatic rings. The van der Waals surface area contributed by atoms with Crippen molar-refractivity contribution in [3.8, 4) is 5.75 Å². The van der Waals surface area contributed by atoms with E-state index < -0.39 is 23.8 Å². The number of esters is 2. The third-order valence-corrected chi connectivity index (χ3v) is 4.37. The molecule has 156 valence electrons. The van der Waals surface area contributed by atoms with Crippen LogP contribution in [0, 0.1) is 5.92 Å². The second-order valence-corrected chi connectivity index (χ2v) is 6.29. The Morgan fingerprint density at radius 3 is 1.83 bits per heavy atom. The van der Waals surface area contributed by atoms with Crippen molar-refractivity contribution in [1.29, 1.82) is 0 Å². The van der Waals surface area contributed by atoms with E-state index in [1.807, 2.05) is 0 Å². The zero-order chi connectivity index (χ0) is 21.6. The normalized spacial score (nSPS) is 14.2. The summed E-state index contributed by atoms with van der Waals surface area (Å²) in [7, 11) is 1.54. The standard InChI is InChI=1S/C21H26N2O6/c1-6-28-20(25)16-12(3)22-13(4)17(21(26)29-7-2)18(16)19(24)23-14-8-10-15(27-5)11-9-14/h8-11,18,22H,6-7H2,1-5H3,(H,23,24). The number of ether oxygens (including phenoxy) is 3. The number of hydrogen-bond acceptors (Lipinski definition) is 7. The topological polar surface area (TPSA) is 103 Å². The molecule has 0 aromatic heterocycles. The van der Waals surface area contributed by atoms with Gasteiger partial charge in [-0.3, -0.25) is 4.79 Å². The van der Waals surface area contributed by atoms with Crippen LogP contribution < -0.4 is 15.4 Å². The number of methoxy groups -OCH3 is 1. The Labute approximate surface area is 169 Å². The minimum absolute atomic E-state index is 0.0755. The molecule has 0 spiro atoms. The van der Waals surface area contributed by atoms with E-state index in [9.17, 15) is 14.4 Å². The monoisotopic (exact) mass is 402 g/mol. The maximum Gasteiger partial charge on any atom is 0.336 e. The number of benzene rings is 1. The molecule has 0 bridgehead atoms. The van der Waals surface area contributed by atoms with Crippen LogP contribution in [0.4, 0.5) is 5.69 Å². The number of amides is 1. The fraction of sp³-hybridized carbons (Fsp3) is 0.381. The van der Waals surface area contributed by atoms with Crippen LogP contribution >= 0.6 is 0 Å². The van der Waals surface area contributed by atoms with Crippen LogP contribution in [0.5, 0.6) is 5.75 Å². The van der Waals surface area contributed by atoms with Crippen molar-refractivity contribution >= 4 is 23.5 Å². The number of carbonyl (C=O) groups excluding carboxylic acids is 3. The number of anilines is 1. The summed E-state index contributed by atoms with van der Waals surface area (Å²) < 4.78 is 15.4. The van der Waals surface area contributed by atoms with Gasteiger partial charge in [0.2, 0.25) is 5.91 Å². The minimum atomic E-state index is -1.17. The van der Waals surface area contributed by atoms with Crippen LogP contribution in [0.3, 0.4) is 0 Å². The number of rotatable bonds is 7. The lowest BCUT2D eigenvalue weighted by molar-refractivity contribution is -0.142. The van der Waals surface area contributed by atoms with Gasteiger partial charge in [-0.05, 0) is 52.0 Å². The molecule has 29 heavy (non-hydrogen) atoms. The lowest BCUT2D eigenvalue weighted by Crippen LogP contribution is -2.39. The summed E-state index contributed by atoms with van der Waals surface area (Å²) in [4.78, 5) is 38.4. The van der Waals surface area contributed by atoms with Crippen LogP contribution in [0.1, 0.15) is 27.7 Å². The molecule has 0 atom stereocenters. The molecule has 1 heterocycles. The average Bonchev–Trinajstić information content (AvgIpc) is 2.68. The maximum absolute atomic E-state index is 13.2. The second-order valence-electron chi connectivity index (χ2n) is 6.29. The van der Waals surface area contributed by atoms with Crippen molar-refractivity contribution in [3.05, 3.63) is 46.8 Å². The van der Waals surface area contributed by atoms with Crippen molar-refractivity contribution < 1.29 is 28.6 Å². The number of hydrogen-bond donors (Lipinski definition) is 2. The van der Waals surface area contributed by atoms with Gasteiger partial charge < -0.3 is 24.8 Å². The lowest BCUT2D eigenvalue weighted by Gasteiger charge is -2.29. The SMILES string of the molecule is CCOC(=O)C1=C(C)NC(C)=C(C(=O)OCC)C1C(=O)Nc1ccc(OC)cc1. The molecule has 1 aromatic carbocycles. The van der Waals surface area contributed by atoms with E-state index in [1.165, 1.54) is 0 Å². The van der Waals surface area contributed by atoms with Crippen LogP contribution in [-0.4, -0.2) is 38.2 Å². The molecular weight excluding hydrogens is 376 g/mol. The predicted octanol–water partition coefficient (Wildman–Crippen LogP) is 2.53. The van der Waals surface area contributed by atoms with Crippen LogP contribution in [0.25, 0.3) is 0 Å². The molecule has 8 nitrogen and oxygen atoms in total. The first-order valence-electron chi connectivity index (χ1n) is 9.31. The Balaban J connectivity index is 2.46. The van der Waals surface area contributed by atoms with Gasteiger partial charge >= 0.3 is 11.9 Å². The quantitative estimate of drug-likeness (QED) is 0.676. The van der Waals surface area contributed by atoms with Crippen LogP contribution in [-0.2, 0) is 23.9 Å². The first-order chi connectivity index (χ1) is 13.8. The van der Waals surface area contributed by atoms with Gasteiger partial charge in [0.05, 0.1) is 31.5 Å². The van der Waals surface area contributed by atoms with E-state index in [0.29, 0.717) is 22.8 Å². The van der Waals surface area contributed by atoms with Crippen molar-refractivity contribution in [2.24, 2.45) is 5.92 Å². The Kier molecular flexibility index (Phi) is 7.41. The van der Waals surface area contributed by atoms with E-state index in [0.717, 1.165) is 0 Å². The summed E-state index contributed by atoms with van der Waals surface area (Å²) >= 11 is 0. The van der Waals surface area contributed by atoms with Gasteiger partial charge in [-0.1, -0.05) is 0 Å². The number of allylic oxidation sites excluding steroid dienone is 2. The molecule has 0 fully saturated rings. The van der Waals surface area contributed by atoms with Gasteiger partial charge in [-0.2, -0.15) is 0 Å². The number of nitrogens with one attached hydrogen (secondary N) is 2. The third-order valence-electron chi connectivity index (χ3n) is 4.37. The largest absolute Gasteiger partial charge is 0.497 e. The van der Waals surface area contributed by atoms with E-state index in [4.69, 9.17) is 14.2 Å². The summed E-state index contributed by atoms with van der Waals surface area (Å²) in [5, 5.41) is 5.73. The highest BCUT2D eigenvalue weighted by Gasteiger charge is 2.41. The Morgan fingerprint density at radius 1 is 0.931 bits per heavy atom. The van der Waals surface area contributed by atoms with Gasteiger partial charge in [-0.15, -0.1) is 0 Å². The third kappa shape index (κ3) is 4.96. The molecule has 0 saturated carbocycles. The van der Waals surface area contributed by atoms with Crippen molar-refractivity contribution in [2.75, 3.05) is 25.6 Å². The molecular formula is C21H26N2O6. The highest BCUT2D eigenvalue weighted by atomic mass is 16.5. The van der Waals surface area contributed by atoms with Crippen LogP contribution in [0.15, 0.2) is 46.8 Å². The summed E-state index contributed by atoms with van der Waals surface area (Å²) in [6, 6.07) is 6.72. The molecule has 8 heteroatoms. The molecule has 1 aliphatic heterocycles. The fourth-order valence-electron chi connectivity index (χ4n) is 3.10. The predicted molar refractivity (Wildman–Crippen MR) is 107 cm³/mol. The van der Waals surface area contributed by atoms with Crippen molar-refractivity contribution in [1.82, 2.24) is 5.32 Å². The highest BCUT2D eigenvalue weighted by Crippen LogP contribution is 2.32. The lowest BCUT2D eigenvalue weighted by atomic mass is 9.84. The first-order valence-corrected chi connectivity index (χ1v) is 9.31.